The topological polar surface area (TPSA) is 44.1 Å². The Morgan fingerprint density at radius 3 is 2.73 bits per heavy atom. The van der Waals surface area contributed by atoms with Crippen LogP contribution in [0.15, 0.2) is 6.20 Å². The van der Waals surface area contributed by atoms with Crippen LogP contribution in [0.25, 0.3) is 0 Å². The Labute approximate surface area is 90.2 Å². The second kappa shape index (κ2) is 4.96. The van der Waals surface area contributed by atoms with Crippen molar-refractivity contribution in [2.24, 2.45) is 5.92 Å². The molecule has 15 heavy (non-hydrogen) atoms. The summed E-state index contributed by atoms with van der Waals surface area (Å²) in [5.41, 5.74) is 0.592. The van der Waals surface area contributed by atoms with Crippen LogP contribution >= 0.6 is 0 Å². The quantitative estimate of drug-likeness (QED) is 0.699. The summed E-state index contributed by atoms with van der Waals surface area (Å²) in [6.07, 6.45) is 2.43. The van der Waals surface area contributed by atoms with Gasteiger partial charge in [0, 0.05) is 12.5 Å². The highest BCUT2D eigenvalue weighted by molar-refractivity contribution is 5.98. The van der Waals surface area contributed by atoms with Crippen molar-refractivity contribution in [2.45, 2.75) is 33.7 Å². The SMILES string of the molecule is CCC(C)C(=O)c1c(OC)cnn1CC. The molecule has 0 radical (unpaired) electrons. The second-order valence-electron chi connectivity index (χ2n) is 3.55. The molecule has 0 aliphatic heterocycles. The van der Waals surface area contributed by atoms with E-state index in [4.69, 9.17) is 4.74 Å². The van der Waals surface area contributed by atoms with E-state index in [2.05, 4.69) is 5.10 Å². The Bertz CT molecular complexity index is 323. The molecule has 1 aromatic heterocycles. The van der Waals surface area contributed by atoms with Gasteiger partial charge in [-0.15, -0.1) is 0 Å². The lowest BCUT2D eigenvalue weighted by atomic mass is 10.0. The van der Waals surface area contributed by atoms with Crippen LogP contribution in [-0.4, -0.2) is 22.7 Å². The fourth-order valence-corrected chi connectivity index (χ4v) is 1.42. The molecule has 1 atom stereocenters. The largest absolute Gasteiger partial charge is 0.493 e. The van der Waals surface area contributed by atoms with Gasteiger partial charge in [-0.3, -0.25) is 9.48 Å². The van der Waals surface area contributed by atoms with Crippen molar-refractivity contribution >= 4 is 5.78 Å². The summed E-state index contributed by atoms with van der Waals surface area (Å²) in [7, 11) is 1.56. The molecule has 1 aromatic rings. The maximum absolute atomic E-state index is 12.1. The number of hydrogen-bond donors (Lipinski definition) is 0. The van der Waals surface area contributed by atoms with Crippen molar-refractivity contribution in [3.63, 3.8) is 0 Å². The van der Waals surface area contributed by atoms with Crippen molar-refractivity contribution in [2.75, 3.05) is 7.11 Å². The molecule has 4 heteroatoms. The van der Waals surface area contributed by atoms with Crippen molar-refractivity contribution in [1.82, 2.24) is 9.78 Å². The maximum atomic E-state index is 12.1. The summed E-state index contributed by atoms with van der Waals surface area (Å²) >= 11 is 0. The molecule has 1 rings (SSSR count). The van der Waals surface area contributed by atoms with Crippen LogP contribution < -0.4 is 4.74 Å². The standard InChI is InChI=1S/C11H18N2O2/c1-5-8(3)11(14)10-9(15-4)7-12-13(10)6-2/h7-8H,5-6H2,1-4H3. The average molecular weight is 210 g/mol. The molecule has 0 spiro atoms. The molecule has 1 unspecified atom stereocenters. The number of aryl methyl sites for hydroxylation is 1. The van der Waals surface area contributed by atoms with Gasteiger partial charge in [0.1, 0.15) is 5.69 Å². The molecular weight excluding hydrogens is 192 g/mol. The molecule has 0 saturated heterocycles. The number of methoxy groups -OCH3 is 1. The van der Waals surface area contributed by atoms with E-state index in [0.29, 0.717) is 18.0 Å². The zero-order chi connectivity index (χ0) is 11.4. The molecule has 0 aromatic carbocycles. The Morgan fingerprint density at radius 1 is 1.60 bits per heavy atom. The third kappa shape index (κ3) is 2.19. The number of Topliss-reactive ketones (excluding diaryl/α,β-unsaturated/α-hetero) is 1. The number of rotatable bonds is 5. The van der Waals surface area contributed by atoms with Gasteiger partial charge >= 0.3 is 0 Å². The number of nitrogens with zero attached hydrogens (tertiary/aromatic N) is 2. The second-order valence-corrected chi connectivity index (χ2v) is 3.55. The molecule has 4 nitrogen and oxygen atoms in total. The van der Waals surface area contributed by atoms with Crippen LogP contribution in [-0.2, 0) is 6.54 Å². The van der Waals surface area contributed by atoms with Gasteiger partial charge in [-0.25, -0.2) is 0 Å². The first kappa shape index (κ1) is 11.8. The van der Waals surface area contributed by atoms with Crippen molar-refractivity contribution in [3.8, 4) is 5.75 Å². The molecule has 0 saturated carbocycles. The first-order chi connectivity index (χ1) is 7.15. The number of carbonyl (C=O) groups excluding carboxylic acids is 1. The van der Waals surface area contributed by atoms with Crippen molar-refractivity contribution in [3.05, 3.63) is 11.9 Å². The predicted octanol–water partition coefficient (Wildman–Crippen LogP) is 2.14. The lowest BCUT2D eigenvalue weighted by Gasteiger charge is -2.10. The zero-order valence-electron chi connectivity index (χ0n) is 9.78. The van der Waals surface area contributed by atoms with Crippen LogP contribution in [0.3, 0.4) is 0 Å². The summed E-state index contributed by atoms with van der Waals surface area (Å²) in [4.78, 5) is 12.1. The first-order valence-corrected chi connectivity index (χ1v) is 5.29. The summed E-state index contributed by atoms with van der Waals surface area (Å²) in [5, 5.41) is 4.11. The molecule has 0 fully saturated rings. The van der Waals surface area contributed by atoms with E-state index < -0.39 is 0 Å². The van der Waals surface area contributed by atoms with Crippen molar-refractivity contribution < 1.29 is 9.53 Å². The Balaban J connectivity index is 3.09. The highest BCUT2D eigenvalue weighted by atomic mass is 16.5. The van der Waals surface area contributed by atoms with Gasteiger partial charge in [-0.1, -0.05) is 13.8 Å². The van der Waals surface area contributed by atoms with Gasteiger partial charge in [-0.2, -0.15) is 5.10 Å². The van der Waals surface area contributed by atoms with E-state index in [1.54, 1.807) is 18.0 Å². The van der Waals surface area contributed by atoms with E-state index >= 15 is 0 Å². The predicted molar refractivity (Wildman–Crippen MR) is 58.2 cm³/mol. The minimum Gasteiger partial charge on any atom is -0.493 e. The highest BCUT2D eigenvalue weighted by Gasteiger charge is 2.22. The van der Waals surface area contributed by atoms with E-state index in [1.807, 2.05) is 20.8 Å². The average Bonchev–Trinajstić information content (AvgIpc) is 2.69. The molecule has 0 amide bonds. The van der Waals surface area contributed by atoms with Crippen LogP contribution in [0.5, 0.6) is 5.75 Å². The fourth-order valence-electron chi connectivity index (χ4n) is 1.42. The first-order valence-electron chi connectivity index (χ1n) is 5.29. The summed E-state index contributed by atoms with van der Waals surface area (Å²) < 4.78 is 6.83. The number of ketones is 1. The molecule has 0 aliphatic carbocycles. The smallest absolute Gasteiger partial charge is 0.187 e. The number of aromatic nitrogens is 2. The van der Waals surface area contributed by atoms with E-state index in [1.165, 1.54) is 0 Å². The molecular formula is C11H18N2O2. The van der Waals surface area contributed by atoms with Crippen LogP contribution in [0.1, 0.15) is 37.7 Å². The number of ether oxygens (including phenoxy) is 1. The van der Waals surface area contributed by atoms with Crippen LogP contribution in [0.2, 0.25) is 0 Å². The van der Waals surface area contributed by atoms with Gasteiger partial charge in [-0.05, 0) is 13.3 Å². The molecule has 0 aliphatic rings. The summed E-state index contributed by atoms with van der Waals surface area (Å²) in [5.74, 6) is 0.691. The van der Waals surface area contributed by atoms with Crippen LogP contribution in [0.4, 0.5) is 0 Å². The van der Waals surface area contributed by atoms with Gasteiger partial charge in [0.05, 0.1) is 13.3 Å². The molecule has 1 heterocycles. The van der Waals surface area contributed by atoms with Crippen LogP contribution in [0, 0.1) is 5.92 Å². The summed E-state index contributed by atoms with van der Waals surface area (Å²) in [6.45, 7) is 6.57. The monoisotopic (exact) mass is 210 g/mol. The lowest BCUT2D eigenvalue weighted by Crippen LogP contribution is -2.16. The molecule has 0 bridgehead atoms. The Hall–Kier alpha value is -1.32. The third-order valence-corrected chi connectivity index (χ3v) is 2.62. The zero-order valence-corrected chi connectivity index (χ0v) is 9.78. The summed E-state index contributed by atoms with van der Waals surface area (Å²) in [6, 6.07) is 0. The fraction of sp³-hybridized carbons (Fsp3) is 0.636. The minimum atomic E-state index is 0.0147. The van der Waals surface area contributed by atoms with E-state index in [-0.39, 0.29) is 11.7 Å². The minimum absolute atomic E-state index is 0.0147. The highest BCUT2D eigenvalue weighted by Crippen LogP contribution is 2.22. The van der Waals surface area contributed by atoms with Crippen molar-refractivity contribution in [1.29, 1.82) is 0 Å². The maximum Gasteiger partial charge on any atom is 0.187 e. The van der Waals surface area contributed by atoms with E-state index in [9.17, 15) is 4.79 Å². The van der Waals surface area contributed by atoms with Gasteiger partial charge in [0.25, 0.3) is 0 Å². The number of hydrogen-bond acceptors (Lipinski definition) is 3. The Morgan fingerprint density at radius 2 is 2.27 bits per heavy atom. The molecule has 0 N–H and O–H groups in total. The normalized spacial score (nSPS) is 12.5. The number of carbonyl (C=O) groups is 1. The van der Waals surface area contributed by atoms with Gasteiger partial charge in [0.15, 0.2) is 11.5 Å². The van der Waals surface area contributed by atoms with E-state index in [0.717, 1.165) is 6.42 Å². The lowest BCUT2D eigenvalue weighted by molar-refractivity contribution is 0.0913. The third-order valence-electron chi connectivity index (χ3n) is 2.62. The molecule has 84 valence electrons. The Kier molecular flexibility index (Phi) is 3.88. The van der Waals surface area contributed by atoms with Gasteiger partial charge < -0.3 is 4.74 Å². The van der Waals surface area contributed by atoms with Gasteiger partial charge in [0.2, 0.25) is 0 Å².